The molecule has 8 heteroatoms. The second kappa shape index (κ2) is 9.16. The first kappa shape index (κ1) is 22.1. The van der Waals surface area contributed by atoms with Crippen LogP contribution in [0.25, 0.3) is 11.1 Å². The number of halogens is 4. The molecule has 1 saturated heterocycles. The molecule has 3 aromatic rings. The number of pyridine rings is 1. The van der Waals surface area contributed by atoms with Crippen LogP contribution in [-0.4, -0.2) is 23.0 Å². The van der Waals surface area contributed by atoms with Crippen molar-refractivity contribution in [3.05, 3.63) is 83.8 Å². The number of aromatic nitrogens is 1. The van der Waals surface area contributed by atoms with Gasteiger partial charge in [0.05, 0.1) is 12.1 Å². The number of nitrogens with two attached hydrogens (primary N) is 1. The lowest BCUT2D eigenvalue weighted by molar-refractivity contribution is -0.141. The number of nitrogens with zero attached hydrogens (tertiary/aromatic N) is 2. The van der Waals surface area contributed by atoms with Crippen LogP contribution >= 0.6 is 0 Å². The first-order valence-electron chi connectivity index (χ1n) is 10.2. The number of benzene rings is 2. The second-order valence-electron chi connectivity index (χ2n) is 7.66. The molecule has 1 aliphatic rings. The summed E-state index contributed by atoms with van der Waals surface area (Å²) in [7, 11) is 0. The Bertz CT molecular complexity index is 1080. The largest absolute Gasteiger partial charge is 0.485 e. The molecule has 2 aromatic carbocycles. The lowest BCUT2D eigenvalue weighted by Crippen LogP contribution is -2.15. The fourth-order valence-corrected chi connectivity index (χ4v) is 3.73. The molecule has 4 rings (SSSR count). The Balaban J connectivity index is 1.51. The summed E-state index contributed by atoms with van der Waals surface area (Å²) in [5.74, 6) is -1.17. The van der Waals surface area contributed by atoms with Crippen molar-refractivity contribution in [2.45, 2.75) is 25.6 Å². The van der Waals surface area contributed by atoms with Gasteiger partial charge in [-0.15, -0.1) is 0 Å². The Hall–Kier alpha value is -3.13. The van der Waals surface area contributed by atoms with Crippen LogP contribution in [0.3, 0.4) is 0 Å². The van der Waals surface area contributed by atoms with E-state index in [1.165, 1.54) is 25.0 Å². The zero-order valence-electron chi connectivity index (χ0n) is 17.2. The second-order valence-corrected chi connectivity index (χ2v) is 7.66. The number of rotatable bonds is 6. The van der Waals surface area contributed by atoms with Gasteiger partial charge in [0, 0.05) is 17.3 Å². The van der Waals surface area contributed by atoms with Crippen LogP contribution in [0.15, 0.2) is 54.7 Å². The molecule has 0 atom stereocenters. The molecule has 1 aliphatic heterocycles. The minimum absolute atomic E-state index is 0.0395. The van der Waals surface area contributed by atoms with Gasteiger partial charge in [0.1, 0.15) is 12.4 Å². The Morgan fingerprint density at radius 2 is 1.75 bits per heavy atom. The number of nitrogen functional groups attached to an aromatic ring is 1. The molecule has 2 heterocycles. The molecule has 0 amide bonds. The summed E-state index contributed by atoms with van der Waals surface area (Å²) in [5.41, 5.74) is 6.86. The van der Waals surface area contributed by atoms with Crippen molar-refractivity contribution < 1.29 is 22.3 Å². The van der Waals surface area contributed by atoms with E-state index < -0.39 is 24.2 Å². The lowest BCUT2D eigenvalue weighted by atomic mass is 10.0. The molecule has 0 spiro atoms. The van der Waals surface area contributed by atoms with Crippen molar-refractivity contribution in [1.29, 1.82) is 0 Å². The first-order chi connectivity index (χ1) is 15.3. The van der Waals surface area contributed by atoms with Gasteiger partial charge in [-0.1, -0.05) is 36.4 Å². The van der Waals surface area contributed by atoms with Crippen molar-refractivity contribution in [2.75, 3.05) is 18.8 Å². The Labute approximate surface area is 183 Å². The maximum Gasteiger partial charge on any atom is 0.419 e. The predicted octanol–water partition coefficient (Wildman–Crippen LogP) is 5.67. The quantitative estimate of drug-likeness (QED) is 0.498. The van der Waals surface area contributed by atoms with Crippen LogP contribution < -0.4 is 10.5 Å². The number of ether oxygens (including phenoxy) is 1. The van der Waals surface area contributed by atoms with Gasteiger partial charge in [-0.3, -0.25) is 4.90 Å². The third kappa shape index (κ3) is 5.02. The number of anilines is 1. The van der Waals surface area contributed by atoms with Crippen molar-refractivity contribution in [3.63, 3.8) is 0 Å². The highest BCUT2D eigenvalue weighted by Crippen LogP contribution is 2.35. The highest BCUT2D eigenvalue weighted by molar-refractivity contribution is 5.67. The maximum atomic E-state index is 13.8. The predicted molar refractivity (Wildman–Crippen MR) is 114 cm³/mol. The summed E-state index contributed by atoms with van der Waals surface area (Å²) in [4.78, 5) is 6.39. The van der Waals surface area contributed by atoms with E-state index in [-0.39, 0.29) is 17.1 Å². The molecule has 4 nitrogen and oxygen atoms in total. The maximum absolute atomic E-state index is 13.8. The van der Waals surface area contributed by atoms with E-state index in [4.69, 9.17) is 10.5 Å². The van der Waals surface area contributed by atoms with Gasteiger partial charge in [0.15, 0.2) is 11.6 Å². The molecule has 2 N–H and O–H groups in total. The molecule has 1 radical (unpaired) electrons. The molecular formula is C24H22F4N3O. The van der Waals surface area contributed by atoms with Gasteiger partial charge in [-0.25, -0.2) is 9.37 Å². The van der Waals surface area contributed by atoms with E-state index in [0.29, 0.717) is 5.56 Å². The van der Waals surface area contributed by atoms with E-state index in [0.717, 1.165) is 30.3 Å². The average molecular weight is 444 g/mol. The standard InChI is InChI=1S/C24H22F4N3O/c25-20-5-3-4-18(22(20)24(26,27)28)15-32-21-12-19(13-30-23(21)29)17-8-6-16(7-9-17)14-31-10-1-2-11-31/h3-9,12-14H,1-2,10-11,15H2,(H2,29,30). The van der Waals surface area contributed by atoms with Crippen LogP contribution in [-0.2, 0) is 12.8 Å². The van der Waals surface area contributed by atoms with Crippen LogP contribution in [0.1, 0.15) is 29.5 Å². The van der Waals surface area contributed by atoms with Gasteiger partial charge in [-0.2, -0.15) is 13.2 Å². The summed E-state index contributed by atoms with van der Waals surface area (Å²) in [6, 6.07) is 12.6. The van der Waals surface area contributed by atoms with Gasteiger partial charge in [-0.05, 0) is 49.2 Å². The number of likely N-dealkylation sites (tertiary alicyclic amines) is 1. The highest BCUT2D eigenvalue weighted by atomic mass is 19.4. The van der Waals surface area contributed by atoms with Crippen molar-refractivity contribution >= 4 is 5.82 Å². The average Bonchev–Trinajstić information content (AvgIpc) is 3.26. The molecule has 0 bridgehead atoms. The van der Waals surface area contributed by atoms with Crippen molar-refractivity contribution in [2.24, 2.45) is 0 Å². The van der Waals surface area contributed by atoms with Crippen LogP contribution in [0.4, 0.5) is 23.4 Å². The van der Waals surface area contributed by atoms with Gasteiger partial charge in [0.2, 0.25) is 0 Å². The summed E-state index contributed by atoms with van der Waals surface area (Å²) >= 11 is 0. The topological polar surface area (TPSA) is 51.4 Å². The third-order valence-electron chi connectivity index (χ3n) is 5.36. The summed E-state index contributed by atoms with van der Waals surface area (Å²) in [6.07, 6.45) is -0.850. The van der Waals surface area contributed by atoms with Crippen LogP contribution in [0, 0.1) is 12.4 Å². The van der Waals surface area contributed by atoms with Gasteiger partial charge in [0.25, 0.3) is 0 Å². The number of alkyl halides is 3. The van der Waals surface area contributed by atoms with E-state index in [9.17, 15) is 17.6 Å². The van der Waals surface area contributed by atoms with Crippen molar-refractivity contribution in [3.8, 4) is 16.9 Å². The summed E-state index contributed by atoms with van der Waals surface area (Å²) in [6.45, 7) is 3.76. The fraction of sp³-hybridized carbons (Fsp3) is 0.250. The summed E-state index contributed by atoms with van der Waals surface area (Å²) in [5, 5.41) is 0. The molecule has 0 saturated carbocycles. The number of hydrogen-bond donors (Lipinski definition) is 1. The smallest absolute Gasteiger partial charge is 0.419 e. The Morgan fingerprint density at radius 3 is 2.44 bits per heavy atom. The van der Waals surface area contributed by atoms with Crippen molar-refractivity contribution in [1.82, 2.24) is 9.88 Å². The zero-order valence-corrected chi connectivity index (χ0v) is 17.2. The van der Waals surface area contributed by atoms with Crippen LogP contribution in [0.2, 0.25) is 0 Å². The molecule has 1 fully saturated rings. The SMILES string of the molecule is Nc1ncc(-c2ccc([CH]N3CCCC3)cc2)cc1OCc1cccc(F)c1C(F)(F)F. The molecule has 0 unspecified atom stereocenters. The van der Waals surface area contributed by atoms with Gasteiger partial charge < -0.3 is 10.5 Å². The Kier molecular flexibility index (Phi) is 6.32. The molecule has 1 aromatic heterocycles. The highest BCUT2D eigenvalue weighted by Gasteiger charge is 2.36. The zero-order chi connectivity index (χ0) is 22.7. The lowest BCUT2D eigenvalue weighted by Gasteiger charge is -2.16. The monoisotopic (exact) mass is 444 g/mol. The van der Waals surface area contributed by atoms with E-state index in [1.54, 1.807) is 12.3 Å². The fourth-order valence-electron chi connectivity index (χ4n) is 3.73. The number of hydrogen-bond acceptors (Lipinski definition) is 4. The molecular weight excluding hydrogens is 422 g/mol. The summed E-state index contributed by atoms with van der Waals surface area (Å²) < 4.78 is 59.0. The van der Waals surface area contributed by atoms with E-state index in [1.807, 2.05) is 24.3 Å². The minimum Gasteiger partial charge on any atom is -0.485 e. The van der Waals surface area contributed by atoms with E-state index in [2.05, 4.69) is 16.4 Å². The molecule has 0 aliphatic carbocycles. The normalized spacial score (nSPS) is 14.6. The van der Waals surface area contributed by atoms with Crippen LogP contribution in [0.5, 0.6) is 5.75 Å². The van der Waals surface area contributed by atoms with E-state index >= 15 is 0 Å². The Morgan fingerprint density at radius 1 is 1.03 bits per heavy atom. The minimum atomic E-state index is -4.83. The molecule has 32 heavy (non-hydrogen) atoms. The third-order valence-corrected chi connectivity index (χ3v) is 5.36. The van der Waals surface area contributed by atoms with Gasteiger partial charge >= 0.3 is 6.18 Å². The first-order valence-corrected chi connectivity index (χ1v) is 10.2. The molecule has 167 valence electrons.